The molecule has 0 spiro atoms. The van der Waals surface area contributed by atoms with Crippen molar-refractivity contribution in [1.29, 1.82) is 0 Å². The maximum Gasteiger partial charge on any atom is 0.125 e. The van der Waals surface area contributed by atoms with Gasteiger partial charge in [-0.25, -0.2) is 0 Å². The molecular weight excluding hydrogens is 228 g/mol. The first kappa shape index (κ1) is 14.8. The van der Waals surface area contributed by atoms with Crippen LogP contribution in [-0.2, 0) is 0 Å². The second kappa shape index (κ2) is 7.98. The van der Waals surface area contributed by atoms with Crippen LogP contribution in [0, 0.1) is 0 Å². The number of aliphatic hydroxyl groups excluding tert-OH is 1. The molecular formula is C15H24O3. The van der Waals surface area contributed by atoms with E-state index in [1.807, 2.05) is 25.1 Å². The molecule has 3 nitrogen and oxygen atoms in total. The van der Waals surface area contributed by atoms with Gasteiger partial charge >= 0.3 is 0 Å². The van der Waals surface area contributed by atoms with Gasteiger partial charge in [0.2, 0.25) is 0 Å². The number of rotatable bonds is 8. The summed E-state index contributed by atoms with van der Waals surface area (Å²) in [6, 6.07) is 5.66. The second-order valence-electron chi connectivity index (χ2n) is 4.32. The molecule has 18 heavy (non-hydrogen) atoms. The Bertz CT molecular complexity index is 350. The number of benzene rings is 1. The first-order chi connectivity index (χ1) is 8.72. The molecule has 0 saturated carbocycles. The minimum atomic E-state index is -0.498. The number of hydrogen-bond acceptors (Lipinski definition) is 3. The Hall–Kier alpha value is -1.22. The van der Waals surface area contributed by atoms with Crippen LogP contribution in [0.15, 0.2) is 18.2 Å². The lowest BCUT2D eigenvalue weighted by atomic mass is 10.1. The molecule has 0 aliphatic carbocycles. The normalized spacial score (nSPS) is 12.2. The van der Waals surface area contributed by atoms with Crippen LogP contribution in [0.4, 0.5) is 0 Å². The van der Waals surface area contributed by atoms with Gasteiger partial charge in [0.05, 0.1) is 19.3 Å². The van der Waals surface area contributed by atoms with Crippen molar-refractivity contribution < 1.29 is 14.6 Å². The standard InChI is InChI=1S/C15H24O3/c1-4-9-17-12-7-8-15(18-10-5-2)13(11-12)14(16)6-3/h7-8,11,14,16H,4-6,9-10H2,1-3H3. The van der Waals surface area contributed by atoms with Crippen LogP contribution in [0.3, 0.4) is 0 Å². The molecule has 0 radical (unpaired) electrons. The molecule has 1 aromatic rings. The Labute approximate surface area is 110 Å². The predicted octanol–water partition coefficient (Wildman–Crippen LogP) is 3.71. The fourth-order valence-electron chi connectivity index (χ4n) is 1.66. The van der Waals surface area contributed by atoms with E-state index in [-0.39, 0.29) is 0 Å². The Morgan fingerprint density at radius 3 is 2.33 bits per heavy atom. The highest BCUT2D eigenvalue weighted by molar-refractivity contribution is 5.41. The van der Waals surface area contributed by atoms with Crippen molar-refractivity contribution in [3.05, 3.63) is 23.8 Å². The summed E-state index contributed by atoms with van der Waals surface area (Å²) in [5, 5.41) is 10.0. The molecule has 0 aliphatic rings. The van der Waals surface area contributed by atoms with Crippen molar-refractivity contribution in [1.82, 2.24) is 0 Å². The zero-order valence-electron chi connectivity index (χ0n) is 11.6. The Kier molecular flexibility index (Phi) is 6.58. The summed E-state index contributed by atoms with van der Waals surface area (Å²) in [6.07, 6.45) is 2.09. The van der Waals surface area contributed by atoms with E-state index in [4.69, 9.17) is 9.47 Å². The minimum absolute atomic E-state index is 0.498. The predicted molar refractivity (Wildman–Crippen MR) is 73.3 cm³/mol. The third-order valence-electron chi connectivity index (χ3n) is 2.66. The van der Waals surface area contributed by atoms with Gasteiger partial charge in [-0.2, -0.15) is 0 Å². The maximum absolute atomic E-state index is 10.0. The lowest BCUT2D eigenvalue weighted by molar-refractivity contribution is 0.166. The van der Waals surface area contributed by atoms with Gasteiger partial charge in [0.15, 0.2) is 0 Å². The van der Waals surface area contributed by atoms with E-state index in [1.165, 1.54) is 0 Å². The molecule has 3 heteroatoms. The lowest BCUT2D eigenvalue weighted by Crippen LogP contribution is -2.04. The largest absolute Gasteiger partial charge is 0.494 e. The van der Waals surface area contributed by atoms with Crippen LogP contribution >= 0.6 is 0 Å². The van der Waals surface area contributed by atoms with Crippen molar-refractivity contribution in [3.63, 3.8) is 0 Å². The Morgan fingerprint density at radius 2 is 1.72 bits per heavy atom. The van der Waals surface area contributed by atoms with E-state index in [1.54, 1.807) is 0 Å². The molecule has 0 fully saturated rings. The Morgan fingerprint density at radius 1 is 1.06 bits per heavy atom. The van der Waals surface area contributed by atoms with E-state index in [0.717, 1.165) is 29.9 Å². The molecule has 1 aromatic carbocycles. The summed E-state index contributed by atoms with van der Waals surface area (Å²) in [5.74, 6) is 1.55. The molecule has 0 bridgehead atoms. The molecule has 0 aromatic heterocycles. The molecule has 0 saturated heterocycles. The first-order valence-corrected chi connectivity index (χ1v) is 6.80. The van der Waals surface area contributed by atoms with Crippen LogP contribution in [-0.4, -0.2) is 18.3 Å². The van der Waals surface area contributed by atoms with E-state index in [9.17, 15) is 5.11 Å². The molecule has 0 amide bonds. The highest BCUT2D eigenvalue weighted by atomic mass is 16.5. The average molecular weight is 252 g/mol. The zero-order chi connectivity index (χ0) is 13.4. The van der Waals surface area contributed by atoms with E-state index >= 15 is 0 Å². The zero-order valence-corrected chi connectivity index (χ0v) is 11.6. The van der Waals surface area contributed by atoms with Crippen molar-refractivity contribution in [2.45, 2.75) is 46.1 Å². The van der Waals surface area contributed by atoms with Crippen LogP contribution in [0.1, 0.15) is 51.7 Å². The van der Waals surface area contributed by atoms with Crippen LogP contribution in [0.5, 0.6) is 11.5 Å². The van der Waals surface area contributed by atoms with E-state index in [0.29, 0.717) is 19.6 Å². The monoisotopic (exact) mass is 252 g/mol. The SMILES string of the molecule is CCCOc1ccc(OCCC)c(C(O)CC)c1. The van der Waals surface area contributed by atoms with Crippen molar-refractivity contribution in [3.8, 4) is 11.5 Å². The summed E-state index contributed by atoms with van der Waals surface area (Å²) in [6.45, 7) is 7.44. The number of ether oxygens (including phenoxy) is 2. The van der Waals surface area contributed by atoms with Gasteiger partial charge in [-0.05, 0) is 37.5 Å². The molecule has 1 unspecified atom stereocenters. The van der Waals surface area contributed by atoms with Gasteiger partial charge in [0.25, 0.3) is 0 Å². The molecule has 1 N–H and O–H groups in total. The molecule has 0 aliphatic heterocycles. The van der Waals surface area contributed by atoms with Gasteiger partial charge in [0.1, 0.15) is 11.5 Å². The summed E-state index contributed by atoms with van der Waals surface area (Å²) in [7, 11) is 0. The summed E-state index contributed by atoms with van der Waals surface area (Å²) in [4.78, 5) is 0. The second-order valence-corrected chi connectivity index (χ2v) is 4.32. The molecule has 102 valence electrons. The van der Waals surface area contributed by atoms with Gasteiger partial charge < -0.3 is 14.6 Å². The number of hydrogen-bond donors (Lipinski definition) is 1. The van der Waals surface area contributed by atoms with Gasteiger partial charge in [0, 0.05) is 5.56 Å². The molecule has 1 atom stereocenters. The fourth-order valence-corrected chi connectivity index (χ4v) is 1.66. The first-order valence-electron chi connectivity index (χ1n) is 6.80. The average Bonchev–Trinajstić information content (AvgIpc) is 2.42. The van der Waals surface area contributed by atoms with Crippen molar-refractivity contribution >= 4 is 0 Å². The molecule has 0 heterocycles. The third-order valence-corrected chi connectivity index (χ3v) is 2.66. The topological polar surface area (TPSA) is 38.7 Å². The van der Waals surface area contributed by atoms with Crippen molar-refractivity contribution in [2.24, 2.45) is 0 Å². The maximum atomic E-state index is 10.0. The fraction of sp³-hybridized carbons (Fsp3) is 0.600. The number of aliphatic hydroxyl groups is 1. The van der Waals surface area contributed by atoms with Gasteiger partial charge in [-0.15, -0.1) is 0 Å². The minimum Gasteiger partial charge on any atom is -0.494 e. The van der Waals surface area contributed by atoms with Crippen molar-refractivity contribution in [2.75, 3.05) is 13.2 Å². The van der Waals surface area contributed by atoms with Gasteiger partial charge in [-0.3, -0.25) is 0 Å². The van der Waals surface area contributed by atoms with Gasteiger partial charge in [-0.1, -0.05) is 20.8 Å². The Balaban J connectivity index is 2.89. The van der Waals surface area contributed by atoms with Crippen LogP contribution in [0.2, 0.25) is 0 Å². The summed E-state index contributed by atoms with van der Waals surface area (Å²) >= 11 is 0. The van der Waals surface area contributed by atoms with E-state index < -0.39 is 6.10 Å². The highest BCUT2D eigenvalue weighted by Gasteiger charge is 2.13. The van der Waals surface area contributed by atoms with E-state index in [2.05, 4.69) is 13.8 Å². The summed E-state index contributed by atoms with van der Waals surface area (Å²) < 4.78 is 11.2. The quantitative estimate of drug-likeness (QED) is 0.766. The highest BCUT2D eigenvalue weighted by Crippen LogP contribution is 2.31. The lowest BCUT2D eigenvalue weighted by Gasteiger charge is -2.16. The van der Waals surface area contributed by atoms with Crippen LogP contribution < -0.4 is 9.47 Å². The molecule has 1 rings (SSSR count). The van der Waals surface area contributed by atoms with Crippen LogP contribution in [0.25, 0.3) is 0 Å². The third kappa shape index (κ3) is 4.22. The smallest absolute Gasteiger partial charge is 0.125 e. The summed E-state index contributed by atoms with van der Waals surface area (Å²) in [5.41, 5.74) is 0.819.